The summed E-state index contributed by atoms with van der Waals surface area (Å²) < 4.78 is 2.39. The van der Waals surface area contributed by atoms with Gasteiger partial charge in [-0.15, -0.1) is 0 Å². The fourth-order valence-corrected chi connectivity index (χ4v) is 1.61. The molecule has 0 saturated carbocycles. The van der Waals surface area contributed by atoms with Gasteiger partial charge in [0.2, 0.25) is 0 Å². The molecule has 0 atom stereocenters. The first kappa shape index (κ1) is 11.5. The topological polar surface area (TPSA) is 72.9 Å². The number of aryl methyl sites for hydroxylation is 2. The number of tetrazole rings is 1. The Balaban J connectivity index is 2.53. The third-order valence-electron chi connectivity index (χ3n) is 2.54. The van der Waals surface area contributed by atoms with E-state index < -0.39 is 0 Å². The average Bonchev–Trinajstić information content (AvgIpc) is 2.65. The Labute approximate surface area is 98.1 Å². The van der Waals surface area contributed by atoms with E-state index in [4.69, 9.17) is 5.11 Å². The lowest BCUT2D eigenvalue weighted by Crippen LogP contribution is -2.25. The van der Waals surface area contributed by atoms with Gasteiger partial charge in [-0.1, -0.05) is 12.1 Å². The van der Waals surface area contributed by atoms with Gasteiger partial charge < -0.3 is 5.11 Å². The van der Waals surface area contributed by atoms with Crippen molar-refractivity contribution in [1.29, 1.82) is 0 Å². The molecular formula is C11H14N4O2. The zero-order chi connectivity index (χ0) is 12.4. The van der Waals surface area contributed by atoms with Gasteiger partial charge in [0, 0.05) is 0 Å². The maximum Gasteiger partial charge on any atom is 0.368 e. The Morgan fingerprint density at radius 2 is 2.06 bits per heavy atom. The molecule has 17 heavy (non-hydrogen) atoms. The normalized spacial score (nSPS) is 10.8. The summed E-state index contributed by atoms with van der Waals surface area (Å²) in [5.41, 5.74) is 2.38. The molecule has 1 heterocycles. The molecule has 0 aliphatic carbocycles. The van der Waals surface area contributed by atoms with Crippen LogP contribution in [0.15, 0.2) is 23.0 Å². The first-order valence-corrected chi connectivity index (χ1v) is 5.35. The van der Waals surface area contributed by atoms with Crippen molar-refractivity contribution in [2.24, 2.45) is 0 Å². The molecule has 6 heteroatoms. The Hall–Kier alpha value is -1.95. The first-order chi connectivity index (χ1) is 8.13. The molecule has 0 amide bonds. The highest BCUT2D eigenvalue weighted by Crippen LogP contribution is 2.12. The largest absolute Gasteiger partial charge is 0.394 e. The van der Waals surface area contributed by atoms with Crippen LogP contribution in [0.4, 0.5) is 0 Å². The predicted octanol–water partition coefficient (Wildman–Crippen LogP) is 0.0381. The van der Waals surface area contributed by atoms with Crippen molar-refractivity contribution in [1.82, 2.24) is 19.8 Å². The number of hydrogen-bond donors (Lipinski definition) is 1. The number of nitrogens with zero attached hydrogens (tertiary/aromatic N) is 4. The lowest BCUT2D eigenvalue weighted by atomic mass is 10.1. The molecule has 6 nitrogen and oxygen atoms in total. The minimum absolute atomic E-state index is 0.134. The Morgan fingerprint density at radius 3 is 2.76 bits per heavy atom. The summed E-state index contributed by atoms with van der Waals surface area (Å²) in [6.07, 6.45) is 0. The van der Waals surface area contributed by atoms with E-state index in [1.165, 1.54) is 4.68 Å². The van der Waals surface area contributed by atoms with Crippen LogP contribution in [0, 0.1) is 13.8 Å². The second kappa shape index (κ2) is 4.50. The minimum Gasteiger partial charge on any atom is -0.394 e. The second-order valence-corrected chi connectivity index (χ2v) is 3.91. The summed E-state index contributed by atoms with van der Waals surface area (Å²) in [6.45, 7) is 3.88. The summed E-state index contributed by atoms with van der Waals surface area (Å²) >= 11 is 0. The quantitative estimate of drug-likeness (QED) is 0.813. The molecule has 1 N–H and O–H groups in total. The molecule has 1 aromatic carbocycles. The molecular weight excluding hydrogens is 220 g/mol. The molecule has 2 rings (SSSR count). The van der Waals surface area contributed by atoms with Gasteiger partial charge in [0.25, 0.3) is 0 Å². The van der Waals surface area contributed by atoms with Crippen molar-refractivity contribution < 1.29 is 5.11 Å². The van der Waals surface area contributed by atoms with Crippen molar-refractivity contribution in [3.05, 3.63) is 39.8 Å². The highest BCUT2D eigenvalue weighted by molar-refractivity contribution is 5.41. The van der Waals surface area contributed by atoms with Gasteiger partial charge in [-0.25, -0.2) is 4.79 Å². The van der Waals surface area contributed by atoms with Gasteiger partial charge in [0.1, 0.15) is 0 Å². The van der Waals surface area contributed by atoms with Gasteiger partial charge in [0.05, 0.1) is 18.8 Å². The Kier molecular flexibility index (Phi) is 3.06. The third kappa shape index (κ3) is 2.12. The highest BCUT2D eigenvalue weighted by atomic mass is 16.3. The third-order valence-corrected chi connectivity index (χ3v) is 2.54. The van der Waals surface area contributed by atoms with E-state index in [1.54, 1.807) is 0 Å². The summed E-state index contributed by atoms with van der Waals surface area (Å²) in [4.78, 5) is 11.9. The number of aliphatic hydroxyl groups is 1. The lowest BCUT2D eigenvalue weighted by Gasteiger charge is -2.04. The molecule has 0 unspecified atom stereocenters. The van der Waals surface area contributed by atoms with Crippen LogP contribution < -0.4 is 5.69 Å². The molecule has 90 valence electrons. The van der Waals surface area contributed by atoms with E-state index in [2.05, 4.69) is 10.4 Å². The van der Waals surface area contributed by atoms with Crippen LogP contribution in [0.5, 0.6) is 0 Å². The summed E-state index contributed by atoms with van der Waals surface area (Å²) in [5, 5.41) is 16.3. The zero-order valence-electron chi connectivity index (χ0n) is 9.79. The van der Waals surface area contributed by atoms with Crippen molar-refractivity contribution in [3.63, 3.8) is 0 Å². The summed E-state index contributed by atoms with van der Waals surface area (Å²) in [7, 11) is 0. The highest BCUT2D eigenvalue weighted by Gasteiger charge is 2.10. The van der Waals surface area contributed by atoms with Crippen molar-refractivity contribution >= 4 is 0 Å². The fraction of sp³-hybridized carbons (Fsp3) is 0.364. The van der Waals surface area contributed by atoms with E-state index in [0.29, 0.717) is 0 Å². The molecule has 0 aliphatic heterocycles. The van der Waals surface area contributed by atoms with Gasteiger partial charge >= 0.3 is 5.69 Å². The van der Waals surface area contributed by atoms with Crippen LogP contribution in [-0.4, -0.2) is 31.5 Å². The first-order valence-electron chi connectivity index (χ1n) is 5.35. The molecule has 0 radical (unpaired) electrons. The summed E-state index contributed by atoms with van der Waals surface area (Å²) in [6, 6.07) is 5.79. The molecule has 1 aromatic heterocycles. The maximum atomic E-state index is 11.9. The van der Waals surface area contributed by atoms with E-state index in [9.17, 15) is 4.79 Å². The Bertz CT molecular complexity index is 585. The van der Waals surface area contributed by atoms with E-state index >= 15 is 0 Å². The molecule has 0 fully saturated rings. The van der Waals surface area contributed by atoms with Crippen molar-refractivity contribution in [3.8, 4) is 5.69 Å². The number of hydrogen-bond acceptors (Lipinski definition) is 4. The summed E-state index contributed by atoms with van der Waals surface area (Å²) in [5.74, 6) is 0. The van der Waals surface area contributed by atoms with E-state index in [-0.39, 0.29) is 18.8 Å². The monoisotopic (exact) mass is 234 g/mol. The number of aromatic nitrogens is 4. The zero-order valence-corrected chi connectivity index (χ0v) is 9.79. The Morgan fingerprint density at radius 1 is 1.29 bits per heavy atom. The molecule has 0 saturated heterocycles. The predicted molar refractivity (Wildman–Crippen MR) is 62.2 cm³/mol. The lowest BCUT2D eigenvalue weighted by molar-refractivity contribution is 0.266. The van der Waals surface area contributed by atoms with Crippen LogP contribution in [0.3, 0.4) is 0 Å². The van der Waals surface area contributed by atoms with Crippen LogP contribution in [0.1, 0.15) is 11.1 Å². The molecule has 2 aromatic rings. The van der Waals surface area contributed by atoms with Crippen LogP contribution in [-0.2, 0) is 6.54 Å². The van der Waals surface area contributed by atoms with Crippen LogP contribution in [0.2, 0.25) is 0 Å². The number of rotatable bonds is 3. The van der Waals surface area contributed by atoms with Crippen molar-refractivity contribution in [2.45, 2.75) is 20.4 Å². The number of benzene rings is 1. The van der Waals surface area contributed by atoms with Crippen LogP contribution >= 0.6 is 0 Å². The van der Waals surface area contributed by atoms with Crippen molar-refractivity contribution in [2.75, 3.05) is 6.61 Å². The second-order valence-electron chi connectivity index (χ2n) is 3.91. The molecule has 0 spiro atoms. The fourth-order valence-electron chi connectivity index (χ4n) is 1.61. The van der Waals surface area contributed by atoms with Gasteiger partial charge in [-0.2, -0.15) is 9.36 Å². The van der Waals surface area contributed by atoms with Crippen LogP contribution in [0.25, 0.3) is 5.69 Å². The van der Waals surface area contributed by atoms with Gasteiger partial charge in [-0.3, -0.25) is 0 Å². The molecule has 0 aliphatic rings. The van der Waals surface area contributed by atoms with Gasteiger partial charge in [0.15, 0.2) is 0 Å². The van der Waals surface area contributed by atoms with E-state index in [1.807, 2.05) is 32.0 Å². The maximum absolute atomic E-state index is 11.9. The standard InChI is InChI=1S/C11H14N4O2/c1-8-3-4-9(2)10(7-8)15-11(17)14(5-6-16)12-13-15/h3-4,7,16H,5-6H2,1-2H3. The minimum atomic E-state index is -0.340. The number of aliphatic hydroxyl groups excluding tert-OH is 1. The molecule has 0 bridgehead atoms. The SMILES string of the molecule is Cc1ccc(C)c(-n2nnn(CCO)c2=O)c1. The average molecular weight is 234 g/mol. The van der Waals surface area contributed by atoms with E-state index in [0.717, 1.165) is 21.5 Å². The smallest absolute Gasteiger partial charge is 0.368 e. The van der Waals surface area contributed by atoms with Gasteiger partial charge in [-0.05, 0) is 41.5 Å².